The van der Waals surface area contributed by atoms with Gasteiger partial charge in [-0.25, -0.2) is 0 Å². The molecule has 0 radical (unpaired) electrons. The summed E-state index contributed by atoms with van der Waals surface area (Å²) in [6.45, 7) is 1.63. The maximum atomic E-state index is 12.9. The van der Waals surface area contributed by atoms with E-state index in [0.29, 0.717) is 17.9 Å². The van der Waals surface area contributed by atoms with Crippen LogP contribution in [0.3, 0.4) is 0 Å². The van der Waals surface area contributed by atoms with Gasteiger partial charge in [0.05, 0.1) is 10.5 Å². The molecule has 1 fully saturated rings. The summed E-state index contributed by atoms with van der Waals surface area (Å²) in [6.07, 6.45) is 0.778. The predicted octanol–water partition coefficient (Wildman–Crippen LogP) is 2.46. The van der Waals surface area contributed by atoms with Crippen molar-refractivity contribution in [2.75, 3.05) is 6.16 Å². The summed E-state index contributed by atoms with van der Waals surface area (Å²) in [5.41, 5.74) is -1.12. The number of rotatable bonds is 2. The van der Waals surface area contributed by atoms with E-state index in [-0.39, 0.29) is 5.69 Å². The lowest BCUT2D eigenvalue weighted by Crippen LogP contribution is -2.30. The van der Waals surface area contributed by atoms with Crippen molar-refractivity contribution in [3.8, 4) is 0 Å². The van der Waals surface area contributed by atoms with Gasteiger partial charge in [0.2, 0.25) is 0 Å². The third-order valence-electron chi connectivity index (χ3n) is 3.31. The maximum Gasteiger partial charge on any atom is 0.270 e. The number of alkyl halides is 1. The minimum Gasteiger partial charge on any atom is -0.388 e. The van der Waals surface area contributed by atoms with Crippen LogP contribution in [0.5, 0.6) is 0 Å². The molecule has 2 rings (SSSR count). The van der Waals surface area contributed by atoms with Crippen LogP contribution in [0.15, 0.2) is 24.3 Å². The van der Waals surface area contributed by atoms with Crippen molar-refractivity contribution in [3.63, 3.8) is 0 Å². The SMILES string of the molecule is C[C@@]1(O)CC[P@@](=O)(c2cccc([N+](=O)[O-])c2)[C@H]1Br. The van der Waals surface area contributed by atoms with Crippen LogP contribution >= 0.6 is 23.1 Å². The topological polar surface area (TPSA) is 80.4 Å². The molecule has 5 nitrogen and oxygen atoms in total. The number of nitrogens with zero attached hydrogens (tertiary/aromatic N) is 1. The number of nitro groups is 1. The lowest BCUT2D eigenvalue weighted by atomic mass is 10.1. The molecule has 1 aliphatic rings. The van der Waals surface area contributed by atoms with Crippen LogP contribution in [0.1, 0.15) is 13.3 Å². The van der Waals surface area contributed by atoms with Gasteiger partial charge in [-0.05, 0) is 13.3 Å². The number of benzene rings is 1. The highest BCUT2D eigenvalue weighted by atomic mass is 79.9. The Bertz CT molecular complexity index is 546. The van der Waals surface area contributed by atoms with Gasteiger partial charge < -0.3 is 9.67 Å². The molecule has 1 heterocycles. The van der Waals surface area contributed by atoms with Crippen LogP contribution in [0.25, 0.3) is 0 Å². The largest absolute Gasteiger partial charge is 0.388 e. The number of hydrogen-bond acceptors (Lipinski definition) is 4. The highest BCUT2D eigenvalue weighted by molar-refractivity contribution is 9.11. The van der Waals surface area contributed by atoms with E-state index >= 15 is 0 Å². The molecule has 1 aromatic carbocycles. The van der Waals surface area contributed by atoms with Crippen molar-refractivity contribution in [1.29, 1.82) is 0 Å². The smallest absolute Gasteiger partial charge is 0.270 e. The van der Waals surface area contributed by atoms with Gasteiger partial charge in [-0.15, -0.1) is 0 Å². The first kappa shape index (κ1) is 13.7. The van der Waals surface area contributed by atoms with Gasteiger partial charge in [0.1, 0.15) is 11.7 Å². The Labute approximate surface area is 113 Å². The van der Waals surface area contributed by atoms with Gasteiger partial charge in [-0.3, -0.25) is 10.1 Å². The molecule has 0 spiro atoms. The molecule has 0 bridgehead atoms. The monoisotopic (exact) mass is 333 g/mol. The van der Waals surface area contributed by atoms with Crippen molar-refractivity contribution in [2.45, 2.75) is 23.5 Å². The van der Waals surface area contributed by atoms with Gasteiger partial charge in [0, 0.05) is 23.6 Å². The Morgan fingerprint density at radius 3 is 2.78 bits per heavy atom. The molecule has 98 valence electrons. The second-order valence-electron chi connectivity index (χ2n) is 4.74. The van der Waals surface area contributed by atoms with E-state index < -0.39 is 22.2 Å². The number of non-ortho nitro benzene ring substituents is 1. The molecule has 0 unspecified atom stereocenters. The fraction of sp³-hybridized carbons (Fsp3) is 0.455. The molecule has 1 aromatic rings. The summed E-state index contributed by atoms with van der Waals surface area (Å²) in [5.74, 6) is 0. The van der Waals surface area contributed by atoms with Crippen LogP contribution in [0.2, 0.25) is 0 Å². The number of hydrogen-bond donors (Lipinski definition) is 1. The average molecular weight is 334 g/mol. The summed E-state index contributed by atoms with van der Waals surface area (Å²) < 4.78 is 12.4. The Morgan fingerprint density at radius 1 is 1.61 bits per heavy atom. The van der Waals surface area contributed by atoms with E-state index in [9.17, 15) is 19.8 Å². The maximum absolute atomic E-state index is 12.9. The summed E-state index contributed by atoms with van der Waals surface area (Å²) in [6, 6.07) is 5.87. The second-order valence-corrected chi connectivity index (χ2v) is 9.43. The summed E-state index contributed by atoms with van der Waals surface area (Å²) in [4.78, 5) is 10.2. The number of nitro benzene ring substituents is 1. The molecular weight excluding hydrogens is 321 g/mol. The van der Waals surface area contributed by atoms with Crippen LogP contribution in [0, 0.1) is 10.1 Å². The first-order valence-corrected chi connectivity index (χ1v) is 8.35. The Kier molecular flexibility index (Phi) is 3.38. The third kappa shape index (κ3) is 2.13. The van der Waals surface area contributed by atoms with Crippen molar-refractivity contribution < 1.29 is 14.6 Å². The number of aliphatic hydroxyl groups is 1. The Hall–Kier alpha value is -0.710. The fourth-order valence-corrected chi connectivity index (χ4v) is 6.98. The van der Waals surface area contributed by atoms with Gasteiger partial charge >= 0.3 is 0 Å². The molecular formula is C11H13BrNO4P. The van der Waals surface area contributed by atoms with E-state index in [0.717, 1.165) is 0 Å². The van der Waals surface area contributed by atoms with E-state index in [2.05, 4.69) is 15.9 Å². The van der Waals surface area contributed by atoms with Crippen LogP contribution in [0.4, 0.5) is 5.69 Å². The van der Waals surface area contributed by atoms with E-state index in [1.54, 1.807) is 13.0 Å². The molecule has 1 saturated heterocycles. The lowest BCUT2D eigenvalue weighted by Gasteiger charge is -2.24. The van der Waals surface area contributed by atoms with Gasteiger partial charge in [-0.1, -0.05) is 28.1 Å². The molecule has 0 amide bonds. The fourth-order valence-electron chi connectivity index (χ4n) is 2.18. The second kappa shape index (κ2) is 4.44. The highest BCUT2D eigenvalue weighted by Gasteiger charge is 2.51. The van der Waals surface area contributed by atoms with Crippen molar-refractivity contribution >= 4 is 34.1 Å². The molecule has 3 atom stereocenters. The van der Waals surface area contributed by atoms with Crippen LogP contribution < -0.4 is 5.30 Å². The highest BCUT2D eigenvalue weighted by Crippen LogP contribution is 2.63. The van der Waals surface area contributed by atoms with Crippen molar-refractivity contribution in [3.05, 3.63) is 34.4 Å². The van der Waals surface area contributed by atoms with Crippen molar-refractivity contribution in [1.82, 2.24) is 0 Å². The van der Waals surface area contributed by atoms with E-state index in [1.165, 1.54) is 18.2 Å². The summed E-state index contributed by atoms with van der Waals surface area (Å²) in [7, 11) is -2.84. The standard InChI is InChI=1S/C11H13BrNO4P/c1-11(14)5-6-18(17,10(11)12)9-4-2-3-8(7-9)13(15)16/h2-4,7,10,14H,5-6H2,1H3/t10-,11-,18-/m1/s1. The molecule has 7 heteroatoms. The molecule has 1 N–H and O–H groups in total. The molecule has 0 saturated carbocycles. The number of halogens is 1. The van der Waals surface area contributed by atoms with Crippen LogP contribution in [-0.4, -0.2) is 26.4 Å². The average Bonchev–Trinajstić information content (AvgIpc) is 2.55. The van der Waals surface area contributed by atoms with Gasteiger partial charge in [0.15, 0.2) is 0 Å². The van der Waals surface area contributed by atoms with E-state index in [1.807, 2.05) is 0 Å². The minimum absolute atomic E-state index is 0.0750. The zero-order chi connectivity index (χ0) is 13.6. The molecule has 18 heavy (non-hydrogen) atoms. The lowest BCUT2D eigenvalue weighted by molar-refractivity contribution is -0.384. The van der Waals surface area contributed by atoms with Crippen LogP contribution in [-0.2, 0) is 4.57 Å². The molecule has 1 aliphatic heterocycles. The van der Waals surface area contributed by atoms with Gasteiger partial charge in [-0.2, -0.15) is 0 Å². The minimum atomic E-state index is -2.84. The van der Waals surface area contributed by atoms with E-state index in [4.69, 9.17) is 0 Å². The normalized spacial score (nSPS) is 35.6. The Morgan fingerprint density at radius 2 is 2.28 bits per heavy atom. The zero-order valence-electron chi connectivity index (χ0n) is 9.75. The molecule has 0 aromatic heterocycles. The zero-order valence-corrected chi connectivity index (χ0v) is 12.2. The summed E-state index contributed by atoms with van der Waals surface area (Å²) in [5, 5.41) is 21.3. The predicted molar refractivity (Wildman–Crippen MR) is 73.2 cm³/mol. The van der Waals surface area contributed by atoms with Crippen molar-refractivity contribution in [2.24, 2.45) is 0 Å². The summed E-state index contributed by atoms with van der Waals surface area (Å²) >= 11 is 3.30. The Balaban J connectivity index is 2.46. The third-order valence-corrected chi connectivity index (χ3v) is 9.61. The molecule has 0 aliphatic carbocycles. The quantitative estimate of drug-likeness (QED) is 0.390. The first-order valence-electron chi connectivity index (χ1n) is 5.47. The first-order chi connectivity index (χ1) is 8.27. The van der Waals surface area contributed by atoms with Gasteiger partial charge in [0.25, 0.3) is 5.69 Å².